The van der Waals surface area contributed by atoms with E-state index in [0.717, 1.165) is 33.7 Å². The minimum Gasteiger partial charge on any atom is -0.324 e. The maximum atomic E-state index is 4.61. The third kappa shape index (κ3) is 4.84. The summed E-state index contributed by atoms with van der Waals surface area (Å²) in [5.74, 6) is 1.73. The first-order valence-corrected chi connectivity index (χ1v) is 10.9. The highest BCUT2D eigenvalue weighted by atomic mass is 79.9. The van der Waals surface area contributed by atoms with Crippen molar-refractivity contribution in [3.05, 3.63) is 46.2 Å². The summed E-state index contributed by atoms with van der Waals surface area (Å²) in [6.07, 6.45) is 4.61. The van der Waals surface area contributed by atoms with Crippen LogP contribution in [0.15, 0.2) is 39.9 Å². The van der Waals surface area contributed by atoms with Gasteiger partial charge in [-0.3, -0.25) is 0 Å². The molecule has 0 aliphatic heterocycles. The van der Waals surface area contributed by atoms with Crippen molar-refractivity contribution < 1.29 is 0 Å². The lowest BCUT2D eigenvalue weighted by Crippen LogP contribution is -2.18. The highest BCUT2D eigenvalue weighted by Gasteiger charge is 2.17. The van der Waals surface area contributed by atoms with Gasteiger partial charge in [-0.05, 0) is 69.4 Å². The zero-order chi connectivity index (χ0) is 21.1. The maximum Gasteiger partial charge on any atom is 0.257 e. The summed E-state index contributed by atoms with van der Waals surface area (Å²) < 4.78 is 2.72. The summed E-state index contributed by atoms with van der Waals surface area (Å²) in [6, 6.07) is 9.81. The van der Waals surface area contributed by atoms with Gasteiger partial charge in [0.25, 0.3) is 5.95 Å². The minimum absolute atomic E-state index is 0.387. The molecule has 0 spiro atoms. The molecule has 1 fully saturated rings. The van der Waals surface area contributed by atoms with Crippen LogP contribution in [0.4, 0.5) is 17.6 Å². The molecule has 1 unspecified atom stereocenters. The topological polar surface area (TPSA) is 92.9 Å². The van der Waals surface area contributed by atoms with Crippen LogP contribution in [0, 0.1) is 19.8 Å². The number of hydrazone groups is 1. The van der Waals surface area contributed by atoms with Crippen molar-refractivity contribution in [2.75, 3.05) is 10.7 Å². The lowest BCUT2D eigenvalue weighted by Gasteiger charge is -2.19. The number of nitrogens with zero attached hydrogens (tertiary/aromatic N) is 6. The fourth-order valence-corrected chi connectivity index (χ4v) is 3.78. The Bertz CT molecular complexity index is 1060. The van der Waals surface area contributed by atoms with Crippen molar-refractivity contribution in [1.82, 2.24) is 24.7 Å². The van der Waals surface area contributed by atoms with Gasteiger partial charge in [-0.15, -0.1) is 0 Å². The second-order valence-electron chi connectivity index (χ2n) is 7.62. The number of aryl methyl sites for hydroxylation is 2. The van der Waals surface area contributed by atoms with Gasteiger partial charge in [0.1, 0.15) is 0 Å². The van der Waals surface area contributed by atoms with Gasteiger partial charge in [0.15, 0.2) is 0 Å². The fourth-order valence-electron chi connectivity index (χ4n) is 3.52. The van der Waals surface area contributed by atoms with Crippen molar-refractivity contribution in [1.29, 1.82) is 0 Å². The van der Waals surface area contributed by atoms with E-state index in [-0.39, 0.29) is 0 Å². The molecule has 156 valence electrons. The van der Waals surface area contributed by atoms with Gasteiger partial charge in [0.05, 0.1) is 5.69 Å². The summed E-state index contributed by atoms with van der Waals surface area (Å²) in [4.78, 5) is 13.6. The second-order valence-corrected chi connectivity index (χ2v) is 8.53. The van der Waals surface area contributed by atoms with E-state index in [1.807, 2.05) is 44.2 Å². The van der Waals surface area contributed by atoms with Crippen LogP contribution in [-0.4, -0.2) is 30.4 Å². The molecule has 1 aromatic carbocycles. The van der Waals surface area contributed by atoms with E-state index in [1.165, 1.54) is 19.3 Å². The zero-order valence-corrected chi connectivity index (χ0v) is 18.9. The van der Waals surface area contributed by atoms with Crippen LogP contribution in [0.5, 0.6) is 0 Å². The van der Waals surface area contributed by atoms with Crippen LogP contribution in [0.1, 0.15) is 44.0 Å². The number of hydrogen-bond donors (Lipinski definition) is 2. The molecule has 8 nitrogen and oxygen atoms in total. The lowest BCUT2D eigenvalue weighted by molar-refractivity contribution is 0.558. The molecule has 0 radical (unpaired) electrons. The molecule has 2 N–H and O–H groups in total. The SMILES string of the molecule is Cc1cc(C)n(-c2nc(NN=C3CCCCC3C)nc(Nc3ccc(Br)cc3)n2)n1. The Morgan fingerprint density at radius 1 is 1.07 bits per heavy atom. The van der Waals surface area contributed by atoms with Crippen molar-refractivity contribution in [3.63, 3.8) is 0 Å². The molecular formula is C21H25BrN8. The number of hydrogen-bond acceptors (Lipinski definition) is 7. The van der Waals surface area contributed by atoms with Gasteiger partial charge >= 0.3 is 0 Å². The first kappa shape index (κ1) is 20.5. The average Bonchev–Trinajstić information content (AvgIpc) is 3.07. The molecule has 2 heterocycles. The monoisotopic (exact) mass is 468 g/mol. The van der Waals surface area contributed by atoms with Crippen LogP contribution in [0.25, 0.3) is 5.95 Å². The molecule has 3 aromatic rings. The predicted molar refractivity (Wildman–Crippen MR) is 123 cm³/mol. The zero-order valence-electron chi connectivity index (χ0n) is 17.4. The Labute approximate surface area is 184 Å². The Hall–Kier alpha value is -2.81. The van der Waals surface area contributed by atoms with Gasteiger partial charge in [0.2, 0.25) is 11.9 Å². The Morgan fingerprint density at radius 3 is 2.53 bits per heavy atom. The highest BCUT2D eigenvalue weighted by molar-refractivity contribution is 9.10. The Kier molecular flexibility index (Phi) is 6.08. The molecule has 1 saturated carbocycles. The smallest absolute Gasteiger partial charge is 0.257 e. The first-order valence-electron chi connectivity index (χ1n) is 10.1. The van der Waals surface area contributed by atoms with Gasteiger partial charge in [-0.2, -0.15) is 25.2 Å². The highest BCUT2D eigenvalue weighted by Crippen LogP contribution is 2.22. The van der Waals surface area contributed by atoms with E-state index in [2.05, 4.69) is 58.7 Å². The normalized spacial score (nSPS) is 17.9. The van der Waals surface area contributed by atoms with Crippen molar-refractivity contribution in [2.45, 2.75) is 46.5 Å². The van der Waals surface area contributed by atoms with E-state index < -0.39 is 0 Å². The molecular weight excluding hydrogens is 444 g/mol. The second kappa shape index (κ2) is 8.91. The summed E-state index contributed by atoms with van der Waals surface area (Å²) >= 11 is 3.45. The Morgan fingerprint density at radius 2 is 1.83 bits per heavy atom. The van der Waals surface area contributed by atoms with Crippen LogP contribution in [0.2, 0.25) is 0 Å². The van der Waals surface area contributed by atoms with E-state index in [4.69, 9.17) is 0 Å². The molecule has 30 heavy (non-hydrogen) atoms. The summed E-state index contributed by atoms with van der Waals surface area (Å²) in [5, 5.41) is 12.4. The fraction of sp³-hybridized carbons (Fsp3) is 0.381. The number of benzene rings is 1. The third-order valence-corrected chi connectivity index (χ3v) is 5.64. The van der Waals surface area contributed by atoms with Crippen molar-refractivity contribution >= 4 is 39.2 Å². The molecule has 1 aliphatic carbocycles. The van der Waals surface area contributed by atoms with Gasteiger partial charge in [-0.25, -0.2) is 10.1 Å². The van der Waals surface area contributed by atoms with Crippen molar-refractivity contribution in [2.24, 2.45) is 11.0 Å². The Balaban J connectivity index is 1.67. The summed E-state index contributed by atoms with van der Waals surface area (Å²) in [7, 11) is 0. The van der Waals surface area contributed by atoms with Crippen LogP contribution < -0.4 is 10.7 Å². The maximum absolute atomic E-state index is 4.61. The largest absolute Gasteiger partial charge is 0.324 e. The number of halogens is 1. The van der Waals surface area contributed by atoms with E-state index in [1.54, 1.807) is 4.68 Å². The number of rotatable bonds is 5. The molecule has 0 saturated heterocycles. The van der Waals surface area contributed by atoms with Crippen LogP contribution in [-0.2, 0) is 0 Å². The van der Waals surface area contributed by atoms with Gasteiger partial charge in [-0.1, -0.05) is 29.3 Å². The quantitative estimate of drug-likeness (QED) is 0.502. The lowest BCUT2D eigenvalue weighted by atomic mass is 9.89. The van der Waals surface area contributed by atoms with Gasteiger partial charge in [0, 0.05) is 21.6 Å². The standard InChI is InChI=1S/C21H25BrN8/c1-13-6-4-5-7-18(13)27-28-20-24-19(23-17-10-8-16(22)9-11-17)25-21(26-20)30-15(3)12-14(2)29-30/h8-13H,4-7H2,1-3H3,(H2,23,24,25,26,28). The number of nitrogens with one attached hydrogen (secondary N) is 2. The summed E-state index contributed by atoms with van der Waals surface area (Å²) in [5.41, 5.74) is 6.95. The van der Waals surface area contributed by atoms with Crippen LogP contribution in [0.3, 0.4) is 0 Å². The van der Waals surface area contributed by atoms with Crippen LogP contribution >= 0.6 is 15.9 Å². The number of anilines is 3. The van der Waals surface area contributed by atoms with E-state index >= 15 is 0 Å². The van der Waals surface area contributed by atoms with E-state index in [0.29, 0.717) is 23.8 Å². The molecule has 0 bridgehead atoms. The number of aromatic nitrogens is 5. The summed E-state index contributed by atoms with van der Waals surface area (Å²) in [6.45, 7) is 6.14. The minimum atomic E-state index is 0.387. The molecule has 1 aliphatic rings. The van der Waals surface area contributed by atoms with E-state index in [9.17, 15) is 0 Å². The molecule has 0 amide bonds. The molecule has 2 aromatic heterocycles. The third-order valence-electron chi connectivity index (χ3n) is 5.11. The molecule has 4 rings (SSSR count). The van der Waals surface area contributed by atoms with Crippen molar-refractivity contribution in [3.8, 4) is 5.95 Å². The molecule has 1 atom stereocenters. The predicted octanol–water partition coefficient (Wildman–Crippen LogP) is 5.16. The average molecular weight is 469 g/mol. The molecule has 9 heteroatoms. The first-order chi connectivity index (χ1) is 14.5. The van der Waals surface area contributed by atoms with Gasteiger partial charge < -0.3 is 5.32 Å².